The van der Waals surface area contributed by atoms with Gasteiger partial charge in [0.2, 0.25) is 0 Å². The Labute approximate surface area is 120 Å². The number of rotatable bonds is 9. The number of anilines is 1. The van der Waals surface area contributed by atoms with Gasteiger partial charge in [0.1, 0.15) is 11.5 Å². The van der Waals surface area contributed by atoms with Crippen molar-refractivity contribution in [3.05, 3.63) is 18.2 Å². The molecule has 0 aliphatic heterocycles. The first kappa shape index (κ1) is 16.1. The summed E-state index contributed by atoms with van der Waals surface area (Å²) in [6.45, 7) is 5.78. The van der Waals surface area contributed by atoms with Gasteiger partial charge in [0.15, 0.2) is 0 Å². The largest absolute Gasteiger partial charge is 0.494 e. The summed E-state index contributed by atoms with van der Waals surface area (Å²) in [7, 11) is 1.40. The van der Waals surface area contributed by atoms with Crippen molar-refractivity contribution in [3.8, 4) is 11.5 Å². The standard InChI is InChI=1S/C15H23NO4/c1-4-19-12-8-9-14(20-5-2)13(11-12)16-10-6-7-15(17)18-3/h8-9,11,16H,4-7,10H2,1-3H3. The summed E-state index contributed by atoms with van der Waals surface area (Å²) in [6.07, 6.45) is 1.11. The molecule has 20 heavy (non-hydrogen) atoms. The smallest absolute Gasteiger partial charge is 0.305 e. The Morgan fingerprint density at radius 1 is 1.20 bits per heavy atom. The number of methoxy groups -OCH3 is 1. The summed E-state index contributed by atoms with van der Waals surface area (Å²) >= 11 is 0. The van der Waals surface area contributed by atoms with Crippen LogP contribution in [0.3, 0.4) is 0 Å². The van der Waals surface area contributed by atoms with E-state index in [2.05, 4.69) is 10.1 Å². The zero-order chi connectivity index (χ0) is 14.8. The van der Waals surface area contributed by atoms with E-state index in [9.17, 15) is 4.79 Å². The second-order valence-electron chi connectivity index (χ2n) is 4.13. The first-order valence-corrected chi connectivity index (χ1v) is 6.91. The number of hydrogen-bond donors (Lipinski definition) is 1. The second kappa shape index (κ2) is 9.07. The third-order valence-corrected chi connectivity index (χ3v) is 2.66. The predicted octanol–water partition coefficient (Wildman–Crippen LogP) is 2.85. The van der Waals surface area contributed by atoms with Crippen molar-refractivity contribution in [2.45, 2.75) is 26.7 Å². The minimum Gasteiger partial charge on any atom is -0.494 e. The number of hydrogen-bond acceptors (Lipinski definition) is 5. The van der Waals surface area contributed by atoms with Gasteiger partial charge in [-0.3, -0.25) is 4.79 Å². The van der Waals surface area contributed by atoms with Crippen LogP contribution in [0.1, 0.15) is 26.7 Å². The molecule has 0 bridgehead atoms. The van der Waals surface area contributed by atoms with Gasteiger partial charge in [0.05, 0.1) is 26.0 Å². The molecule has 0 amide bonds. The van der Waals surface area contributed by atoms with E-state index in [1.54, 1.807) is 0 Å². The van der Waals surface area contributed by atoms with Gasteiger partial charge in [-0.25, -0.2) is 0 Å². The van der Waals surface area contributed by atoms with E-state index in [0.29, 0.717) is 32.6 Å². The Hall–Kier alpha value is -1.91. The van der Waals surface area contributed by atoms with Crippen LogP contribution in [-0.2, 0) is 9.53 Å². The molecule has 0 spiro atoms. The lowest BCUT2D eigenvalue weighted by molar-refractivity contribution is -0.140. The third kappa shape index (κ3) is 5.38. The predicted molar refractivity (Wildman–Crippen MR) is 78.5 cm³/mol. The number of carbonyl (C=O) groups excluding carboxylic acids is 1. The van der Waals surface area contributed by atoms with Crippen LogP contribution in [0.5, 0.6) is 11.5 Å². The van der Waals surface area contributed by atoms with Crippen LogP contribution in [-0.4, -0.2) is 32.8 Å². The summed E-state index contributed by atoms with van der Waals surface area (Å²) in [5.41, 5.74) is 0.877. The molecule has 5 nitrogen and oxygen atoms in total. The minimum atomic E-state index is -0.195. The molecule has 0 aliphatic rings. The SMILES string of the molecule is CCOc1ccc(OCC)c(NCCCC(=O)OC)c1. The summed E-state index contributed by atoms with van der Waals surface area (Å²) in [5.74, 6) is 1.39. The summed E-state index contributed by atoms with van der Waals surface area (Å²) in [5, 5.41) is 3.26. The van der Waals surface area contributed by atoms with Gasteiger partial charge in [-0.15, -0.1) is 0 Å². The van der Waals surface area contributed by atoms with Gasteiger partial charge in [0.25, 0.3) is 0 Å². The van der Waals surface area contributed by atoms with Crippen molar-refractivity contribution in [2.24, 2.45) is 0 Å². The zero-order valence-electron chi connectivity index (χ0n) is 12.4. The first-order valence-electron chi connectivity index (χ1n) is 6.91. The fourth-order valence-corrected chi connectivity index (χ4v) is 1.74. The molecule has 0 unspecified atom stereocenters. The van der Waals surface area contributed by atoms with Gasteiger partial charge < -0.3 is 19.5 Å². The lowest BCUT2D eigenvalue weighted by Crippen LogP contribution is -2.08. The molecule has 0 saturated carbocycles. The number of nitrogens with one attached hydrogen (secondary N) is 1. The summed E-state index contributed by atoms with van der Waals surface area (Å²) in [4.78, 5) is 11.0. The molecule has 0 heterocycles. The molecule has 5 heteroatoms. The fraction of sp³-hybridized carbons (Fsp3) is 0.533. The molecule has 0 radical (unpaired) electrons. The van der Waals surface area contributed by atoms with Crippen LogP contribution < -0.4 is 14.8 Å². The van der Waals surface area contributed by atoms with E-state index in [-0.39, 0.29) is 5.97 Å². The number of carbonyl (C=O) groups is 1. The molecule has 0 atom stereocenters. The Bertz CT molecular complexity index is 420. The van der Waals surface area contributed by atoms with Crippen LogP contribution >= 0.6 is 0 Å². The van der Waals surface area contributed by atoms with Crippen molar-refractivity contribution < 1.29 is 19.0 Å². The van der Waals surface area contributed by atoms with E-state index in [1.807, 2.05) is 32.0 Å². The molecular formula is C15H23NO4. The topological polar surface area (TPSA) is 56.8 Å². The van der Waals surface area contributed by atoms with Gasteiger partial charge in [-0.1, -0.05) is 0 Å². The highest BCUT2D eigenvalue weighted by atomic mass is 16.5. The number of esters is 1. The number of benzene rings is 1. The van der Waals surface area contributed by atoms with Gasteiger partial charge in [-0.2, -0.15) is 0 Å². The van der Waals surface area contributed by atoms with E-state index in [1.165, 1.54) is 7.11 Å². The third-order valence-electron chi connectivity index (χ3n) is 2.66. The monoisotopic (exact) mass is 281 g/mol. The maximum atomic E-state index is 11.0. The van der Waals surface area contributed by atoms with Crippen LogP contribution in [0.4, 0.5) is 5.69 Å². The lowest BCUT2D eigenvalue weighted by atomic mass is 10.2. The lowest BCUT2D eigenvalue weighted by Gasteiger charge is -2.14. The highest BCUT2D eigenvalue weighted by molar-refractivity contribution is 5.69. The molecule has 0 saturated heterocycles. The van der Waals surface area contributed by atoms with Gasteiger partial charge >= 0.3 is 5.97 Å². The van der Waals surface area contributed by atoms with E-state index in [0.717, 1.165) is 17.2 Å². The summed E-state index contributed by atoms with van der Waals surface area (Å²) in [6, 6.07) is 5.68. The van der Waals surface area contributed by atoms with E-state index in [4.69, 9.17) is 9.47 Å². The van der Waals surface area contributed by atoms with Crippen molar-refractivity contribution in [3.63, 3.8) is 0 Å². The Morgan fingerprint density at radius 2 is 1.95 bits per heavy atom. The highest BCUT2D eigenvalue weighted by Crippen LogP contribution is 2.29. The van der Waals surface area contributed by atoms with Crippen molar-refractivity contribution in [1.82, 2.24) is 0 Å². The second-order valence-corrected chi connectivity index (χ2v) is 4.13. The molecule has 0 aliphatic carbocycles. The molecular weight excluding hydrogens is 258 g/mol. The molecule has 1 aromatic rings. The highest BCUT2D eigenvalue weighted by Gasteiger charge is 2.06. The zero-order valence-corrected chi connectivity index (χ0v) is 12.4. The Morgan fingerprint density at radius 3 is 2.60 bits per heavy atom. The van der Waals surface area contributed by atoms with Crippen molar-refractivity contribution in [1.29, 1.82) is 0 Å². The Kier molecular flexibility index (Phi) is 7.32. The van der Waals surface area contributed by atoms with Crippen LogP contribution in [0.2, 0.25) is 0 Å². The normalized spacial score (nSPS) is 9.95. The fourth-order valence-electron chi connectivity index (χ4n) is 1.74. The van der Waals surface area contributed by atoms with Gasteiger partial charge in [-0.05, 0) is 32.4 Å². The molecule has 112 valence electrons. The average molecular weight is 281 g/mol. The van der Waals surface area contributed by atoms with Crippen LogP contribution in [0, 0.1) is 0 Å². The Balaban J connectivity index is 2.59. The molecule has 1 aromatic carbocycles. The van der Waals surface area contributed by atoms with Crippen LogP contribution in [0.15, 0.2) is 18.2 Å². The van der Waals surface area contributed by atoms with Crippen molar-refractivity contribution in [2.75, 3.05) is 32.2 Å². The maximum absolute atomic E-state index is 11.0. The molecule has 0 aromatic heterocycles. The van der Waals surface area contributed by atoms with Crippen molar-refractivity contribution >= 4 is 11.7 Å². The molecule has 0 fully saturated rings. The molecule has 1 N–H and O–H groups in total. The maximum Gasteiger partial charge on any atom is 0.305 e. The summed E-state index contributed by atoms with van der Waals surface area (Å²) < 4.78 is 15.6. The average Bonchev–Trinajstić information content (AvgIpc) is 2.46. The van der Waals surface area contributed by atoms with Gasteiger partial charge in [0, 0.05) is 19.0 Å². The quantitative estimate of drug-likeness (QED) is 0.557. The molecule has 1 rings (SSSR count). The van der Waals surface area contributed by atoms with Crippen LogP contribution in [0.25, 0.3) is 0 Å². The van der Waals surface area contributed by atoms with E-state index >= 15 is 0 Å². The number of ether oxygens (including phenoxy) is 3. The minimum absolute atomic E-state index is 0.195. The van der Waals surface area contributed by atoms with E-state index < -0.39 is 0 Å². The first-order chi connectivity index (χ1) is 9.71.